The second kappa shape index (κ2) is 5.86. The van der Waals surface area contributed by atoms with Crippen LogP contribution < -0.4 is 4.72 Å². The van der Waals surface area contributed by atoms with Gasteiger partial charge < -0.3 is 0 Å². The second-order valence-electron chi connectivity index (χ2n) is 4.27. The first-order valence-electron chi connectivity index (χ1n) is 5.78. The van der Waals surface area contributed by atoms with E-state index in [1.807, 2.05) is 31.2 Å². The Morgan fingerprint density at radius 2 is 1.84 bits per heavy atom. The molecule has 0 saturated heterocycles. The van der Waals surface area contributed by atoms with Gasteiger partial charge in [-0.25, -0.2) is 13.1 Å². The molecule has 0 bridgehead atoms. The predicted octanol–water partition coefficient (Wildman–Crippen LogP) is 3.24. The van der Waals surface area contributed by atoms with Crippen LogP contribution in [-0.4, -0.2) is 8.42 Å². The molecule has 1 N–H and O–H groups in total. The molecular weight excluding hydrogens is 326 g/mol. The molecule has 0 radical (unpaired) electrons. The van der Waals surface area contributed by atoms with Gasteiger partial charge in [0.25, 0.3) is 0 Å². The smallest absolute Gasteiger partial charge is 0.207 e. The average Bonchev–Trinajstić information content (AvgIpc) is 2.37. The lowest BCUT2D eigenvalue weighted by molar-refractivity contribution is 0.581. The first kappa shape index (κ1) is 14.2. The normalized spacial score (nSPS) is 11.5. The molecule has 19 heavy (non-hydrogen) atoms. The molecule has 0 fully saturated rings. The first-order valence-corrected chi connectivity index (χ1v) is 8.06. The van der Waals surface area contributed by atoms with E-state index in [1.54, 1.807) is 24.3 Å². The largest absolute Gasteiger partial charge is 0.240 e. The molecule has 2 aromatic rings. The van der Waals surface area contributed by atoms with E-state index in [4.69, 9.17) is 0 Å². The number of rotatable bonds is 4. The van der Waals surface area contributed by atoms with Gasteiger partial charge in [0, 0.05) is 11.0 Å². The third-order valence-corrected chi connectivity index (χ3v) is 4.55. The fourth-order valence-electron chi connectivity index (χ4n) is 1.72. The van der Waals surface area contributed by atoms with Crippen molar-refractivity contribution in [1.29, 1.82) is 0 Å². The highest BCUT2D eigenvalue weighted by molar-refractivity contribution is 9.10. The third kappa shape index (κ3) is 3.89. The van der Waals surface area contributed by atoms with Crippen LogP contribution in [0.2, 0.25) is 0 Å². The molecule has 0 heterocycles. The Hall–Kier alpha value is -1.17. The lowest BCUT2D eigenvalue weighted by atomic mass is 10.1. The Labute approximate surface area is 121 Å². The number of sulfonamides is 1. The molecule has 0 aliphatic heterocycles. The maximum Gasteiger partial charge on any atom is 0.240 e. The van der Waals surface area contributed by atoms with Crippen LogP contribution in [0.25, 0.3) is 0 Å². The van der Waals surface area contributed by atoms with Crippen molar-refractivity contribution in [3.8, 4) is 0 Å². The molecule has 0 amide bonds. The van der Waals surface area contributed by atoms with E-state index in [-0.39, 0.29) is 11.4 Å². The number of hydrogen-bond donors (Lipinski definition) is 1. The van der Waals surface area contributed by atoms with Crippen LogP contribution in [0, 0.1) is 6.92 Å². The minimum atomic E-state index is -3.47. The average molecular weight is 340 g/mol. The fourth-order valence-corrected chi connectivity index (χ4v) is 3.33. The van der Waals surface area contributed by atoms with Crippen molar-refractivity contribution in [3.05, 3.63) is 64.1 Å². The van der Waals surface area contributed by atoms with Crippen LogP contribution in [0.3, 0.4) is 0 Å². The minimum Gasteiger partial charge on any atom is -0.207 e. The third-order valence-electron chi connectivity index (χ3n) is 2.66. The van der Waals surface area contributed by atoms with E-state index < -0.39 is 10.0 Å². The molecule has 0 unspecified atom stereocenters. The molecule has 0 atom stereocenters. The van der Waals surface area contributed by atoms with Crippen molar-refractivity contribution in [2.24, 2.45) is 0 Å². The molecule has 5 heteroatoms. The number of aryl methyl sites for hydroxylation is 1. The van der Waals surface area contributed by atoms with Gasteiger partial charge in [-0.15, -0.1) is 0 Å². The van der Waals surface area contributed by atoms with E-state index in [9.17, 15) is 8.42 Å². The summed E-state index contributed by atoms with van der Waals surface area (Å²) in [5.41, 5.74) is 2.05. The standard InChI is InChI=1S/C14H14BrNO2S/c1-11-4-2-5-12(8-11)10-16-19(17,18)14-7-3-6-13(15)9-14/h2-9,16H,10H2,1H3. The molecule has 0 aromatic heterocycles. The molecule has 0 aliphatic carbocycles. The van der Waals surface area contributed by atoms with Crippen molar-refractivity contribution in [3.63, 3.8) is 0 Å². The van der Waals surface area contributed by atoms with Crippen LogP contribution in [0.15, 0.2) is 57.9 Å². The summed E-state index contributed by atoms with van der Waals surface area (Å²) in [4.78, 5) is 0.259. The summed E-state index contributed by atoms with van der Waals surface area (Å²) in [6.07, 6.45) is 0. The summed E-state index contributed by atoms with van der Waals surface area (Å²) in [6.45, 7) is 2.27. The van der Waals surface area contributed by atoms with E-state index in [2.05, 4.69) is 20.7 Å². The van der Waals surface area contributed by atoms with Gasteiger partial charge in [0.2, 0.25) is 10.0 Å². The molecule has 2 aromatic carbocycles. The monoisotopic (exact) mass is 339 g/mol. The second-order valence-corrected chi connectivity index (χ2v) is 6.95. The Morgan fingerprint density at radius 3 is 2.53 bits per heavy atom. The van der Waals surface area contributed by atoms with Gasteiger partial charge in [-0.3, -0.25) is 0 Å². The predicted molar refractivity (Wildman–Crippen MR) is 79.3 cm³/mol. The van der Waals surface area contributed by atoms with Crippen molar-refractivity contribution in [2.75, 3.05) is 0 Å². The van der Waals surface area contributed by atoms with Crippen LogP contribution >= 0.6 is 15.9 Å². The minimum absolute atomic E-state index is 0.259. The van der Waals surface area contributed by atoms with Crippen LogP contribution in [-0.2, 0) is 16.6 Å². The van der Waals surface area contributed by atoms with E-state index in [1.165, 1.54) is 0 Å². The summed E-state index contributed by atoms with van der Waals surface area (Å²) in [7, 11) is -3.47. The Bertz CT molecular complexity index is 683. The number of halogens is 1. The number of benzene rings is 2. The quantitative estimate of drug-likeness (QED) is 0.929. The van der Waals surface area contributed by atoms with Gasteiger partial charge in [0.05, 0.1) is 4.90 Å². The van der Waals surface area contributed by atoms with Crippen LogP contribution in [0.5, 0.6) is 0 Å². The SMILES string of the molecule is Cc1cccc(CNS(=O)(=O)c2cccc(Br)c2)c1. The van der Waals surface area contributed by atoms with Crippen molar-refractivity contribution < 1.29 is 8.42 Å². The van der Waals surface area contributed by atoms with Crippen LogP contribution in [0.4, 0.5) is 0 Å². The highest BCUT2D eigenvalue weighted by atomic mass is 79.9. The Balaban J connectivity index is 2.14. The number of nitrogens with one attached hydrogen (secondary N) is 1. The lowest BCUT2D eigenvalue weighted by Gasteiger charge is -2.07. The molecule has 100 valence electrons. The first-order chi connectivity index (χ1) is 8.97. The topological polar surface area (TPSA) is 46.2 Å². The molecule has 0 saturated carbocycles. The lowest BCUT2D eigenvalue weighted by Crippen LogP contribution is -2.23. The molecular formula is C14H14BrNO2S. The fraction of sp³-hybridized carbons (Fsp3) is 0.143. The highest BCUT2D eigenvalue weighted by Gasteiger charge is 2.13. The number of hydrogen-bond acceptors (Lipinski definition) is 2. The van der Waals surface area contributed by atoms with E-state index in [0.29, 0.717) is 0 Å². The summed E-state index contributed by atoms with van der Waals surface area (Å²) < 4.78 is 27.6. The maximum absolute atomic E-state index is 12.1. The molecule has 0 aliphatic rings. The zero-order valence-electron chi connectivity index (χ0n) is 10.4. The van der Waals surface area contributed by atoms with Gasteiger partial charge >= 0.3 is 0 Å². The van der Waals surface area contributed by atoms with Gasteiger partial charge in [-0.2, -0.15) is 0 Å². The zero-order chi connectivity index (χ0) is 13.9. The highest BCUT2D eigenvalue weighted by Crippen LogP contribution is 2.16. The molecule has 0 spiro atoms. The zero-order valence-corrected chi connectivity index (χ0v) is 12.8. The van der Waals surface area contributed by atoms with Crippen LogP contribution in [0.1, 0.15) is 11.1 Å². The summed E-state index contributed by atoms with van der Waals surface area (Å²) >= 11 is 3.27. The van der Waals surface area contributed by atoms with E-state index >= 15 is 0 Å². The Kier molecular flexibility index (Phi) is 4.39. The van der Waals surface area contributed by atoms with Gasteiger partial charge in [0.15, 0.2) is 0 Å². The Morgan fingerprint density at radius 1 is 1.11 bits per heavy atom. The van der Waals surface area contributed by atoms with E-state index in [0.717, 1.165) is 15.6 Å². The van der Waals surface area contributed by atoms with Crippen molar-refractivity contribution in [1.82, 2.24) is 4.72 Å². The molecule has 3 nitrogen and oxygen atoms in total. The maximum atomic E-state index is 12.1. The molecule has 2 rings (SSSR count). The van der Waals surface area contributed by atoms with Gasteiger partial charge in [-0.05, 0) is 30.7 Å². The summed E-state index contributed by atoms with van der Waals surface area (Å²) in [6, 6.07) is 14.4. The van der Waals surface area contributed by atoms with Gasteiger partial charge in [0.1, 0.15) is 0 Å². The van der Waals surface area contributed by atoms with Crippen molar-refractivity contribution in [2.45, 2.75) is 18.4 Å². The summed E-state index contributed by atoms with van der Waals surface area (Å²) in [5.74, 6) is 0. The summed E-state index contributed by atoms with van der Waals surface area (Å²) in [5, 5.41) is 0. The van der Waals surface area contributed by atoms with Gasteiger partial charge in [-0.1, -0.05) is 51.8 Å². The van der Waals surface area contributed by atoms with Crippen molar-refractivity contribution >= 4 is 26.0 Å².